The van der Waals surface area contributed by atoms with E-state index in [-0.39, 0.29) is 12.2 Å². The maximum Gasteiger partial charge on any atom is 0.241 e. The Kier molecular flexibility index (Phi) is 13.6. The Labute approximate surface area is 213 Å². The van der Waals surface area contributed by atoms with Gasteiger partial charge in [0.2, 0.25) is 8.32 Å². The number of ether oxygens (including phenoxy) is 1. The van der Waals surface area contributed by atoms with E-state index in [4.69, 9.17) is 18.0 Å². The van der Waals surface area contributed by atoms with Gasteiger partial charge < -0.3 is 18.0 Å². The van der Waals surface area contributed by atoms with Crippen molar-refractivity contribution in [3.8, 4) is 0 Å². The van der Waals surface area contributed by atoms with Crippen molar-refractivity contribution in [2.24, 2.45) is 0 Å². The molecule has 0 aliphatic heterocycles. The molecule has 2 atom stereocenters. The summed E-state index contributed by atoms with van der Waals surface area (Å²) in [6.07, 6.45) is 2.67. The smallest absolute Gasteiger partial charge is 0.241 e. The Morgan fingerprint density at radius 2 is 1.41 bits per heavy atom. The second-order valence-corrected chi connectivity index (χ2v) is 25.0. The van der Waals surface area contributed by atoms with Gasteiger partial charge in [0.05, 0.1) is 18.5 Å². The summed E-state index contributed by atoms with van der Waals surface area (Å²) >= 11 is 0. The molecule has 0 amide bonds. The Hall–Kier alpha value is -0.709. The molecule has 0 N–H and O–H groups in total. The summed E-state index contributed by atoms with van der Waals surface area (Å²) in [5.41, 5.74) is 1.21. The molecule has 0 spiro atoms. The van der Waals surface area contributed by atoms with Crippen LogP contribution in [0.25, 0.3) is 0 Å². The number of rotatable bonds is 18. The molecule has 1 aromatic carbocycles. The van der Waals surface area contributed by atoms with Crippen LogP contribution in [0.1, 0.15) is 45.6 Å². The summed E-state index contributed by atoms with van der Waals surface area (Å²) in [6.45, 7) is 25.8. The number of hydrogen-bond donors (Lipinski definition) is 0. The molecule has 1 rings (SSSR count). The number of benzene rings is 1. The topological polar surface area (TPSA) is 36.9 Å². The minimum absolute atomic E-state index is 0.0620. The first-order valence-electron chi connectivity index (χ1n) is 13.2. The molecule has 0 aliphatic rings. The van der Waals surface area contributed by atoms with Gasteiger partial charge in [-0.1, -0.05) is 57.7 Å². The lowest BCUT2D eigenvalue weighted by Crippen LogP contribution is -2.43. The molecule has 0 aliphatic carbocycles. The van der Waals surface area contributed by atoms with E-state index in [0.29, 0.717) is 13.2 Å². The lowest BCUT2D eigenvalue weighted by Gasteiger charge is -2.36. The molecule has 0 saturated heterocycles. The van der Waals surface area contributed by atoms with Gasteiger partial charge in [-0.05, 0) is 75.8 Å². The van der Waals surface area contributed by atoms with Gasteiger partial charge in [0.25, 0.3) is 0 Å². The Bertz CT molecular complexity index is 686. The van der Waals surface area contributed by atoms with Crippen LogP contribution in [-0.2, 0) is 24.6 Å². The van der Waals surface area contributed by atoms with Crippen molar-refractivity contribution >= 4 is 25.0 Å². The van der Waals surface area contributed by atoms with E-state index < -0.39 is 25.0 Å². The summed E-state index contributed by atoms with van der Waals surface area (Å²) < 4.78 is 25.9. The van der Waals surface area contributed by atoms with Crippen molar-refractivity contribution < 1.29 is 18.0 Å². The van der Waals surface area contributed by atoms with Crippen molar-refractivity contribution in [2.45, 2.75) is 116 Å². The summed E-state index contributed by atoms with van der Waals surface area (Å²) in [5.74, 6) is 0.853. The normalized spacial score (nSPS) is 14.6. The van der Waals surface area contributed by atoms with E-state index in [2.05, 4.69) is 90.9 Å². The fourth-order valence-electron chi connectivity index (χ4n) is 4.25. The van der Waals surface area contributed by atoms with Crippen LogP contribution in [-0.4, -0.2) is 43.8 Å². The quantitative estimate of drug-likeness (QED) is 0.110. The predicted octanol–water partition coefficient (Wildman–Crippen LogP) is 8.35. The maximum absolute atomic E-state index is 7.00. The third-order valence-corrected chi connectivity index (χ3v) is 12.6. The molecule has 196 valence electrons. The van der Waals surface area contributed by atoms with Gasteiger partial charge in [-0.25, -0.2) is 0 Å². The third-order valence-electron chi connectivity index (χ3n) is 6.00. The average molecular weight is 525 g/mol. The van der Waals surface area contributed by atoms with Crippen LogP contribution in [0.2, 0.25) is 57.4 Å². The SMILES string of the molecule is C=C(CC(C[C@H](CCOCc1ccccc1)O[Si](CC)(CC)CC)O[Si](C)(C)C)O[Si](C)(C)C. The maximum atomic E-state index is 7.00. The van der Waals surface area contributed by atoms with Crippen LogP contribution < -0.4 is 0 Å². The number of hydrogen-bond acceptors (Lipinski definition) is 4. The molecule has 0 saturated carbocycles. The second-order valence-electron chi connectivity index (χ2n) is 11.4. The fourth-order valence-corrected chi connectivity index (χ4v) is 9.30. The van der Waals surface area contributed by atoms with Gasteiger partial charge in [0, 0.05) is 19.1 Å². The van der Waals surface area contributed by atoms with E-state index in [1.807, 2.05) is 6.07 Å². The standard InChI is InChI=1S/C27H52O4Si3/c1-11-34(12-2,13-3)31-26(19-20-28-23-25-17-15-14-16-18-25)22-27(30-33(8,9)10)21-24(4)29-32(5,6)7/h14-18,26-27H,4,11-13,19-23H2,1-3,5-10H3/t26-,27?/m0/s1. The van der Waals surface area contributed by atoms with Crippen LogP contribution in [0.5, 0.6) is 0 Å². The lowest BCUT2D eigenvalue weighted by atomic mass is 10.1. The zero-order valence-corrected chi connectivity index (χ0v) is 26.5. The monoisotopic (exact) mass is 524 g/mol. The van der Waals surface area contributed by atoms with Gasteiger partial charge in [-0.2, -0.15) is 0 Å². The minimum Gasteiger partial charge on any atom is -0.548 e. The van der Waals surface area contributed by atoms with Crippen LogP contribution >= 0.6 is 0 Å². The highest BCUT2D eigenvalue weighted by atomic mass is 28.4. The molecule has 34 heavy (non-hydrogen) atoms. The van der Waals surface area contributed by atoms with E-state index >= 15 is 0 Å². The molecular weight excluding hydrogens is 473 g/mol. The second kappa shape index (κ2) is 14.8. The largest absolute Gasteiger partial charge is 0.548 e. The first-order valence-corrected chi connectivity index (χ1v) is 22.5. The van der Waals surface area contributed by atoms with Crippen molar-refractivity contribution in [1.29, 1.82) is 0 Å². The molecule has 0 radical (unpaired) electrons. The zero-order chi connectivity index (χ0) is 25.8. The van der Waals surface area contributed by atoms with Gasteiger partial charge in [-0.3, -0.25) is 0 Å². The molecule has 1 unspecified atom stereocenters. The predicted molar refractivity (Wildman–Crippen MR) is 154 cm³/mol. The minimum atomic E-state index is -1.75. The van der Waals surface area contributed by atoms with E-state index in [9.17, 15) is 0 Å². The van der Waals surface area contributed by atoms with Crippen LogP contribution in [0.15, 0.2) is 42.7 Å². The van der Waals surface area contributed by atoms with Crippen LogP contribution in [0.4, 0.5) is 0 Å². The van der Waals surface area contributed by atoms with Crippen molar-refractivity contribution in [3.05, 3.63) is 48.2 Å². The molecule has 0 heterocycles. The van der Waals surface area contributed by atoms with Gasteiger partial charge >= 0.3 is 0 Å². The average Bonchev–Trinajstić information content (AvgIpc) is 2.73. The van der Waals surface area contributed by atoms with Crippen molar-refractivity contribution in [2.75, 3.05) is 6.61 Å². The molecule has 0 fully saturated rings. The van der Waals surface area contributed by atoms with E-state index in [1.54, 1.807) is 0 Å². The summed E-state index contributed by atoms with van der Waals surface area (Å²) in [5, 5.41) is 0. The zero-order valence-electron chi connectivity index (χ0n) is 23.5. The molecule has 4 nitrogen and oxygen atoms in total. The molecule has 1 aromatic rings. The molecule has 7 heteroatoms. The Morgan fingerprint density at radius 1 is 0.824 bits per heavy atom. The van der Waals surface area contributed by atoms with Gasteiger partial charge in [0.15, 0.2) is 16.6 Å². The first kappa shape index (κ1) is 31.3. The van der Waals surface area contributed by atoms with Crippen LogP contribution in [0, 0.1) is 0 Å². The van der Waals surface area contributed by atoms with E-state index in [1.165, 1.54) is 5.56 Å². The molecule has 0 bridgehead atoms. The highest BCUT2D eigenvalue weighted by Gasteiger charge is 2.34. The van der Waals surface area contributed by atoms with Crippen molar-refractivity contribution in [1.82, 2.24) is 0 Å². The van der Waals surface area contributed by atoms with Gasteiger partial charge in [0.1, 0.15) is 0 Å². The lowest BCUT2D eigenvalue weighted by molar-refractivity contribution is 0.0506. The summed E-state index contributed by atoms with van der Waals surface area (Å²) in [4.78, 5) is 0. The van der Waals surface area contributed by atoms with Crippen LogP contribution in [0.3, 0.4) is 0 Å². The summed E-state index contributed by atoms with van der Waals surface area (Å²) in [7, 11) is -5.18. The highest BCUT2D eigenvalue weighted by molar-refractivity contribution is 6.73. The van der Waals surface area contributed by atoms with Gasteiger partial charge in [-0.15, -0.1) is 0 Å². The third kappa shape index (κ3) is 13.4. The molecular formula is C27H52O4Si3. The fraction of sp³-hybridized carbons (Fsp3) is 0.704. The Balaban J connectivity index is 2.93. The van der Waals surface area contributed by atoms with Crippen molar-refractivity contribution in [3.63, 3.8) is 0 Å². The Morgan fingerprint density at radius 3 is 1.91 bits per heavy atom. The van der Waals surface area contributed by atoms with E-state index in [0.717, 1.165) is 43.2 Å². The summed E-state index contributed by atoms with van der Waals surface area (Å²) in [6, 6.07) is 13.8. The first-order chi connectivity index (χ1) is 15.8. The molecule has 0 aromatic heterocycles. The highest BCUT2D eigenvalue weighted by Crippen LogP contribution is 2.29.